The van der Waals surface area contributed by atoms with Gasteiger partial charge in [0.15, 0.2) is 11.5 Å². The zero-order valence-corrected chi connectivity index (χ0v) is 19.7. The fourth-order valence-electron chi connectivity index (χ4n) is 4.79. The Bertz CT molecular complexity index is 1130. The summed E-state index contributed by atoms with van der Waals surface area (Å²) in [6.45, 7) is 5.95. The van der Waals surface area contributed by atoms with Crippen molar-refractivity contribution in [3.63, 3.8) is 0 Å². The van der Waals surface area contributed by atoms with E-state index in [0.29, 0.717) is 0 Å². The molecule has 3 aromatic rings. The maximum atomic E-state index is 13.2. The standard InChI is InChI=1S/C26H30FN5O2/c1-33-24-5-3-4-19(25(24)34-2)17-30-11-10-23-20(18-30)16-28-26(29-23)32-14-12-31(13-15-32)22-8-6-21(27)7-9-22/h3-9,16H,10-15,17-18H2,1-2H3. The average molecular weight is 464 g/mol. The summed E-state index contributed by atoms with van der Waals surface area (Å²) >= 11 is 0. The second-order valence-electron chi connectivity index (χ2n) is 8.71. The highest BCUT2D eigenvalue weighted by atomic mass is 19.1. The van der Waals surface area contributed by atoms with Gasteiger partial charge in [-0.25, -0.2) is 14.4 Å². The molecule has 2 aliphatic rings. The molecule has 178 valence electrons. The lowest BCUT2D eigenvalue weighted by Gasteiger charge is -2.36. The maximum absolute atomic E-state index is 13.2. The number of ether oxygens (including phenoxy) is 2. The van der Waals surface area contributed by atoms with E-state index in [9.17, 15) is 4.39 Å². The smallest absolute Gasteiger partial charge is 0.225 e. The Morgan fingerprint density at radius 3 is 2.41 bits per heavy atom. The summed E-state index contributed by atoms with van der Waals surface area (Å²) < 4.78 is 24.3. The van der Waals surface area contributed by atoms with Crippen molar-refractivity contribution in [2.75, 3.05) is 56.7 Å². The van der Waals surface area contributed by atoms with E-state index < -0.39 is 0 Å². The van der Waals surface area contributed by atoms with Crippen LogP contribution >= 0.6 is 0 Å². The Labute approximate surface area is 199 Å². The number of piperazine rings is 1. The van der Waals surface area contributed by atoms with Crippen LogP contribution in [0.25, 0.3) is 0 Å². The summed E-state index contributed by atoms with van der Waals surface area (Å²) in [7, 11) is 3.35. The number of rotatable bonds is 6. The number of aromatic nitrogens is 2. The van der Waals surface area contributed by atoms with Crippen LogP contribution in [-0.2, 0) is 19.5 Å². The van der Waals surface area contributed by atoms with Gasteiger partial charge in [-0.05, 0) is 30.3 Å². The number of methoxy groups -OCH3 is 2. The van der Waals surface area contributed by atoms with Crippen LogP contribution < -0.4 is 19.3 Å². The fraction of sp³-hybridized carbons (Fsp3) is 0.385. The molecule has 1 saturated heterocycles. The van der Waals surface area contributed by atoms with Crippen molar-refractivity contribution in [1.29, 1.82) is 0 Å². The number of hydrogen-bond donors (Lipinski definition) is 0. The van der Waals surface area contributed by atoms with Crippen molar-refractivity contribution in [1.82, 2.24) is 14.9 Å². The lowest BCUT2D eigenvalue weighted by molar-refractivity contribution is 0.238. The van der Waals surface area contributed by atoms with Gasteiger partial charge in [-0.15, -0.1) is 0 Å². The summed E-state index contributed by atoms with van der Waals surface area (Å²) in [6, 6.07) is 12.7. The molecule has 0 unspecified atom stereocenters. The van der Waals surface area contributed by atoms with Gasteiger partial charge in [0.2, 0.25) is 5.95 Å². The number of fused-ring (bicyclic) bond motifs is 1. The third-order valence-corrected chi connectivity index (χ3v) is 6.63. The maximum Gasteiger partial charge on any atom is 0.225 e. The van der Waals surface area contributed by atoms with Crippen molar-refractivity contribution < 1.29 is 13.9 Å². The largest absolute Gasteiger partial charge is 0.493 e. The molecule has 8 heteroatoms. The van der Waals surface area contributed by atoms with Gasteiger partial charge in [0, 0.05) is 75.2 Å². The summed E-state index contributed by atoms with van der Waals surface area (Å²) in [4.78, 5) is 16.5. The van der Waals surface area contributed by atoms with Crippen molar-refractivity contribution in [3.8, 4) is 11.5 Å². The molecular weight excluding hydrogens is 433 g/mol. The van der Waals surface area contributed by atoms with Gasteiger partial charge in [-0.1, -0.05) is 12.1 Å². The van der Waals surface area contributed by atoms with Crippen LogP contribution in [0, 0.1) is 5.82 Å². The lowest BCUT2D eigenvalue weighted by atomic mass is 10.1. The molecule has 7 nitrogen and oxygen atoms in total. The zero-order chi connectivity index (χ0) is 23.5. The molecule has 0 atom stereocenters. The number of nitrogens with zero attached hydrogens (tertiary/aromatic N) is 5. The first-order valence-corrected chi connectivity index (χ1v) is 11.7. The quantitative estimate of drug-likeness (QED) is 0.555. The summed E-state index contributed by atoms with van der Waals surface area (Å²) in [5.74, 6) is 2.15. The molecule has 1 fully saturated rings. The van der Waals surface area contributed by atoms with Crippen molar-refractivity contribution in [2.45, 2.75) is 19.5 Å². The Morgan fingerprint density at radius 1 is 0.912 bits per heavy atom. The number of benzene rings is 2. The predicted molar refractivity (Wildman–Crippen MR) is 130 cm³/mol. The van der Waals surface area contributed by atoms with E-state index in [0.717, 1.165) is 86.6 Å². The third-order valence-electron chi connectivity index (χ3n) is 6.63. The second-order valence-corrected chi connectivity index (χ2v) is 8.71. The Hall–Kier alpha value is -3.39. The van der Waals surface area contributed by atoms with Crippen LogP contribution in [0.5, 0.6) is 11.5 Å². The van der Waals surface area contributed by atoms with E-state index in [2.05, 4.69) is 20.8 Å². The third kappa shape index (κ3) is 4.63. The van der Waals surface area contributed by atoms with E-state index in [4.69, 9.17) is 19.4 Å². The van der Waals surface area contributed by atoms with Crippen LogP contribution in [0.1, 0.15) is 16.8 Å². The monoisotopic (exact) mass is 463 g/mol. The van der Waals surface area contributed by atoms with E-state index in [1.807, 2.05) is 30.5 Å². The van der Waals surface area contributed by atoms with Gasteiger partial charge in [0.1, 0.15) is 5.82 Å². The van der Waals surface area contributed by atoms with E-state index >= 15 is 0 Å². The van der Waals surface area contributed by atoms with Gasteiger partial charge in [0.25, 0.3) is 0 Å². The highest BCUT2D eigenvalue weighted by Crippen LogP contribution is 2.32. The second kappa shape index (κ2) is 9.85. The summed E-state index contributed by atoms with van der Waals surface area (Å²) in [5.41, 5.74) is 4.49. The number of halogens is 1. The van der Waals surface area contributed by atoms with E-state index in [1.54, 1.807) is 14.2 Å². The van der Waals surface area contributed by atoms with Crippen LogP contribution in [0.4, 0.5) is 16.0 Å². The molecule has 2 aliphatic heterocycles. The number of anilines is 2. The van der Waals surface area contributed by atoms with E-state index in [-0.39, 0.29) is 5.82 Å². The molecule has 0 aliphatic carbocycles. The van der Waals surface area contributed by atoms with Crippen molar-refractivity contribution in [2.24, 2.45) is 0 Å². The molecular formula is C26H30FN5O2. The molecule has 0 spiro atoms. The van der Waals surface area contributed by atoms with E-state index in [1.165, 1.54) is 17.7 Å². The molecule has 3 heterocycles. The predicted octanol–water partition coefficient (Wildman–Crippen LogP) is 3.52. The molecule has 0 amide bonds. The van der Waals surface area contributed by atoms with Crippen molar-refractivity contribution >= 4 is 11.6 Å². The fourth-order valence-corrected chi connectivity index (χ4v) is 4.79. The SMILES string of the molecule is COc1cccc(CN2CCc3nc(N4CCN(c5ccc(F)cc5)CC4)ncc3C2)c1OC. The molecule has 0 N–H and O–H groups in total. The topological polar surface area (TPSA) is 54.0 Å². The lowest BCUT2D eigenvalue weighted by Crippen LogP contribution is -2.47. The van der Waals surface area contributed by atoms with Crippen LogP contribution in [0.2, 0.25) is 0 Å². The molecule has 5 rings (SSSR count). The van der Waals surface area contributed by atoms with Gasteiger partial charge >= 0.3 is 0 Å². The molecule has 0 bridgehead atoms. The first-order valence-electron chi connectivity index (χ1n) is 11.7. The Balaban J connectivity index is 1.22. The highest BCUT2D eigenvalue weighted by molar-refractivity contribution is 5.49. The molecule has 1 aromatic heterocycles. The van der Waals surface area contributed by atoms with Crippen LogP contribution in [-0.4, -0.2) is 61.8 Å². The minimum atomic E-state index is -0.203. The van der Waals surface area contributed by atoms with Gasteiger partial charge < -0.3 is 19.3 Å². The first kappa shape index (κ1) is 22.4. The van der Waals surface area contributed by atoms with Crippen LogP contribution in [0.3, 0.4) is 0 Å². The Kier molecular flexibility index (Phi) is 6.49. The summed E-state index contributed by atoms with van der Waals surface area (Å²) in [6.07, 6.45) is 2.88. The minimum Gasteiger partial charge on any atom is -0.493 e. The molecule has 0 saturated carbocycles. The average Bonchev–Trinajstić information content (AvgIpc) is 2.89. The number of hydrogen-bond acceptors (Lipinski definition) is 7. The highest BCUT2D eigenvalue weighted by Gasteiger charge is 2.24. The zero-order valence-electron chi connectivity index (χ0n) is 19.7. The first-order chi connectivity index (χ1) is 16.6. The van der Waals surface area contributed by atoms with Gasteiger partial charge in [-0.2, -0.15) is 0 Å². The van der Waals surface area contributed by atoms with Crippen molar-refractivity contribution in [3.05, 3.63) is 71.3 Å². The normalized spacial score (nSPS) is 16.3. The molecule has 2 aromatic carbocycles. The molecule has 0 radical (unpaired) electrons. The molecule has 34 heavy (non-hydrogen) atoms. The van der Waals surface area contributed by atoms with Gasteiger partial charge in [0.05, 0.1) is 19.9 Å². The number of para-hydroxylation sites is 1. The van der Waals surface area contributed by atoms with Gasteiger partial charge in [-0.3, -0.25) is 4.90 Å². The Morgan fingerprint density at radius 2 is 1.68 bits per heavy atom. The van der Waals surface area contributed by atoms with Crippen LogP contribution in [0.15, 0.2) is 48.7 Å². The minimum absolute atomic E-state index is 0.203. The summed E-state index contributed by atoms with van der Waals surface area (Å²) in [5, 5.41) is 0.